The molecular weight excluding hydrogens is 262 g/mol. The lowest BCUT2D eigenvalue weighted by Gasteiger charge is -2.15. The lowest BCUT2D eigenvalue weighted by Crippen LogP contribution is -2.44. The van der Waals surface area contributed by atoms with Gasteiger partial charge >= 0.3 is 5.97 Å². The minimum Gasteiger partial charge on any atom is -0.467 e. The van der Waals surface area contributed by atoms with Crippen molar-refractivity contribution in [2.45, 2.75) is 19.0 Å². The van der Waals surface area contributed by atoms with Crippen LogP contribution in [0.25, 0.3) is 0 Å². The number of halogens is 2. The number of aromatic nitrogens is 1. The fourth-order valence-corrected chi connectivity index (χ4v) is 1.48. The third kappa shape index (κ3) is 4.02. The maximum absolute atomic E-state index is 12.3. The highest BCUT2D eigenvalue weighted by atomic mass is 19.3. The van der Waals surface area contributed by atoms with Crippen molar-refractivity contribution in [3.8, 4) is 0 Å². The van der Waals surface area contributed by atoms with Gasteiger partial charge in [-0.2, -0.15) is 0 Å². The topological polar surface area (TPSA) is 80.6 Å². The van der Waals surface area contributed by atoms with E-state index >= 15 is 0 Å². The molecule has 1 unspecified atom stereocenters. The van der Waals surface area contributed by atoms with Gasteiger partial charge < -0.3 is 19.7 Å². The second-order valence-electron chi connectivity index (χ2n) is 3.67. The molecule has 1 heterocycles. The van der Waals surface area contributed by atoms with Crippen LogP contribution in [0.1, 0.15) is 10.5 Å². The number of carbonyl (C=O) groups is 2. The average molecular weight is 276 g/mol. The van der Waals surface area contributed by atoms with Crippen LogP contribution in [-0.2, 0) is 16.1 Å². The summed E-state index contributed by atoms with van der Waals surface area (Å²) in [7, 11) is 1.11. The van der Waals surface area contributed by atoms with Crippen LogP contribution in [0.5, 0.6) is 0 Å². The zero-order chi connectivity index (χ0) is 14.4. The number of nitrogens with zero attached hydrogens (tertiary/aromatic N) is 1. The summed E-state index contributed by atoms with van der Waals surface area (Å²) in [5.74, 6) is -1.56. The first-order valence-electron chi connectivity index (χ1n) is 5.42. The monoisotopic (exact) mass is 276 g/mol. The van der Waals surface area contributed by atoms with Crippen molar-refractivity contribution < 1.29 is 28.2 Å². The molecule has 0 radical (unpaired) electrons. The molecule has 1 atom stereocenters. The van der Waals surface area contributed by atoms with Gasteiger partial charge in [-0.1, -0.05) is 0 Å². The van der Waals surface area contributed by atoms with Crippen LogP contribution < -0.4 is 5.32 Å². The number of aliphatic hydroxyl groups excluding tert-OH is 1. The lowest BCUT2D eigenvalue weighted by molar-refractivity contribution is -0.143. The average Bonchev–Trinajstić information content (AvgIpc) is 2.82. The summed E-state index contributed by atoms with van der Waals surface area (Å²) in [6.45, 7) is -1.27. The second kappa shape index (κ2) is 6.83. The molecule has 8 heteroatoms. The van der Waals surface area contributed by atoms with Gasteiger partial charge in [0, 0.05) is 6.20 Å². The molecule has 0 saturated carbocycles. The van der Waals surface area contributed by atoms with Crippen LogP contribution in [0, 0.1) is 0 Å². The molecule has 0 aliphatic rings. The van der Waals surface area contributed by atoms with Crippen LogP contribution in [0.2, 0.25) is 0 Å². The highest BCUT2D eigenvalue weighted by molar-refractivity contribution is 5.95. The molecule has 0 aliphatic heterocycles. The van der Waals surface area contributed by atoms with Gasteiger partial charge in [-0.3, -0.25) is 4.79 Å². The Labute approximate surface area is 108 Å². The number of ether oxygens (including phenoxy) is 1. The molecule has 106 valence electrons. The minimum absolute atomic E-state index is 0.0253. The van der Waals surface area contributed by atoms with Gasteiger partial charge in [-0.05, 0) is 12.1 Å². The largest absolute Gasteiger partial charge is 0.467 e. The minimum atomic E-state index is -2.60. The molecule has 1 aromatic heterocycles. The molecule has 1 aromatic rings. The van der Waals surface area contributed by atoms with Crippen molar-refractivity contribution in [2.24, 2.45) is 0 Å². The summed E-state index contributed by atoms with van der Waals surface area (Å²) in [6.07, 6.45) is -1.28. The van der Waals surface area contributed by atoms with Gasteiger partial charge in [0.15, 0.2) is 6.04 Å². The zero-order valence-corrected chi connectivity index (χ0v) is 10.2. The van der Waals surface area contributed by atoms with E-state index in [1.54, 1.807) is 0 Å². The van der Waals surface area contributed by atoms with Crippen molar-refractivity contribution in [2.75, 3.05) is 13.7 Å². The molecule has 0 fully saturated rings. The van der Waals surface area contributed by atoms with Crippen molar-refractivity contribution in [1.82, 2.24) is 9.88 Å². The summed E-state index contributed by atoms with van der Waals surface area (Å²) in [5, 5.41) is 11.2. The molecular formula is C11H14F2N2O4. The van der Waals surface area contributed by atoms with E-state index in [0.29, 0.717) is 0 Å². The first-order chi connectivity index (χ1) is 8.99. The number of hydrogen-bond acceptors (Lipinski definition) is 4. The first-order valence-corrected chi connectivity index (χ1v) is 5.42. The highest BCUT2D eigenvalue weighted by Gasteiger charge is 2.22. The Balaban J connectivity index is 2.77. The van der Waals surface area contributed by atoms with Crippen molar-refractivity contribution in [3.05, 3.63) is 24.0 Å². The van der Waals surface area contributed by atoms with Gasteiger partial charge in [0.25, 0.3) is 12.3 Å². The number of alkyl halides is 2. The fourth-order valence-electron chi connectivity index (χ4n) is 1.48. The van der Waals surface area contributed by atoms with Crippen LogP contribution in [0.15, 0.2) is 18.3 Å². The standard InChI is InChI=1S/C11H14F2N2O4/c1-19-11(18)7(6-16)14-10(17)8-3-2-4-15(8)5-9(12)13/h2-4,7,9,16H,5-6H2,1H3,(H,14,17). The Morgan fingerprint density at radius 1 is 1.53 bits per heavy atom. The molecule has 1 amide bonds. The van der Waals surface area contributed by atoms with Crippen molar-refractivity contribution in [1.29, 1.82) is 0 Å². The fraction of sp³-hybridized carbons (Fsp3) is 0.455. The van der Waals surface area contributed by atoms with Gasteiger partial charge in [0.05, 0.1) is 20.3 Å². The predicted molar refractivity (Wildman–Crippen MR) is 60.8 cm³/mol. The quantitative estimate of drug-likeness (QED) is 0.718. The number of aliphatic hydroxyl groups is 1. The molecule has 2 N–H and O–H groups in total. The van der Waals surface area contributed by atoms with E-state index < -0.39 is 37.5 Å². The van der Waals surface area contributed by atoms with Crippen molar-refractivity contribution >= 4 is 11.9 Å². The number of carbonyl (C=O) groups excluding carboxylic acids is 2. The van der Waals surface area contributed by atoms with Crippen molar-refractivity contribution in [3.63, 3.8) is 0 Å². The molecule has 6 nitrogen and oxygen atoms in total. The maximum Gasteiger partial charge on any atom is 0.330 e. The van der Waals surface area contributed by atoms with E-state index in [9.17, 15) is 18.4 Å². The highest BCUT2D eigenvalue weighted by Crippen LogP contribution is 2.07. The third-order valence-electron chi connectivity index (χ3n) is 2.37. The van der Waals surface area contributed by atoms with Gasteiger partial charge in [0.1, 0.15) is 5.69 Å². The van der Waals surface area contributed by atoms with Crippen LogP contribution in [0.3, 0.4) is 0 Å². The van der Waals surface area contributed by atoms with Crippen LogP contribution in [0.4, 0.5) is 8.78 Å². The summed E-state index contributed by atoms with van der Waals surface area (Å²) < 4.78 is 30.0. The summed E-state index contributed by atoms with van der Waals surface area (Å²) in [6, 6.07) is 1.54. The number of amides is 1. The molecule has 0 aromatic carbocycles. The van der Waals surface area contributed by atoms with E-state index in [0.717, 1.165) is 11.7 Å². The van der Waals surface area contributed by atoms with Crippen LogP contribution >= 0.6 is 0 Å². The Bertz CT molecular complexity index is 448. The van der Waals surface area contributed by atoms with Gasteiger partial charge in [0.2, 0.25) is 0 Å². The Hall–Kier alpha value is -1.96. The van der Waals surface area contributed by atoms with E-state index in [1.807, 2.05) is 0 Å². The normalized spacial score (nSPS) is 12.3. The Morgan fingerprint density at radius 2 is 2.21 bits per heavy atom. The smallest absolute Gasteiger partial charge is 0.330 e. The predicted octanol–water partition coefficient (Wildman–Crippen LogP) is 0.0169. The number of nitrogens with one attached hydrogen (secondary N) is 1. The molecule has 19 heavy (non-hydrogen) atoms. The molecule has 0 saturated heterocycles. The zero-order valence-electron chi connectivity index (χ0n) is 10.2. The molecule has 0 spiro atoms. The number of rotatable bonds is 6. The molecule has 1 rings (SSSR count). The van der Waals surface area contributed by atoms with Crippen LogP contribution in [-0.4, -0.2) is 47.7 Å². The third-order valence-corrected chi connectivity index (χ3v) is 2.37. The lowest BCUT2D eigenvalue weighted by atomic mass is 10.3. The number of methoxy groups -OCH3 is 1. The van der Waals surface area contributed by atoms with Gasteiger partial charge in [-0.15, -0.1) is 0 Å². The van der Waals surface area contributed by atoms with E-state index in [-0.39, 0.29) is 5.69 Å². The number of hydrogen-bond donors (Lipinski definition) is 2. The Kier molecular flexibility index (Phi) is 5.43. The molecule has 0 bridgehead atoms. The van der Waals surface area contributed by atoms with E-state index in [1.165, 1.54) is 18.3 Å². The van der Waals surface area contributed by atoms with E-state index in [4.69, 9.17) is 5.11 Å². The second-order valence-corrected chi connectivity index (χ2v) is 3.67. The van der Waals surface area contributed by atoms with Gasteiger partial charge in [-0.25, -0.2) is 13.6 Å². The first kappa shape index (κ1) is 15.1. The maximum atomic E-state index is 12.3. The summed E-state index contributed by atoms with van der Waals surface area (Å²) in [5.41, 5.74) is -0.0253. The Morgan fingerprint density at radius 3 is 2.74 bits per heavy atom. The number of esters is 1. The van der Waals surface area contributed by atoms with E-state index in [2.05, 4.69) is 10.1 Å². The SMILES string of the molecule is COC(=O)C(CO)NC(=O)c1cccn1CC(F)F. The summed E-state index contributed by atoms with van der Waals surface area (Å²) in [4.78, 5) is 23.0. The summed E-state index contributed by atoms with van der Waals surface area (Å²) >= 11 is 0. The molecule has 0 aliphatic carbocycles.